The summed E-state index contributed by atoms with van der Waals surface area (Å²) in [6.07, 6.45) is 0.538. The van der Waals surface area contributed by atoms with E-state index in [2.05, 4.69) is 4.98 Å². The smallest absolute Gasteiger partial charge is 0.306 e. The van der Waals surface area contributed by atoms with Crippen LogP contribution in [0.15, 0.2) is 48.2 Å². The number of para-hydroxylation sites is 2. The van der Waals surface area contributed by atoms with Gasteiger partial charge in [-0.15, -0.1) is 0 Å². The number of aromatic nitrogens is 2. The van der Waals surface area contributed by atoms with Gasteiger partial charge >= 0.3 is 5.97 Å². The Morgan fingerprint density at radius 1 is 1.16 bits per heavy atom. The average Bonchev–Trinajstić information content (AvgIpc) is 3.12. The lowest BCUT2D eigenvalue weighted by molar-refractivity contribution is -0.143. The number of aliphatic hydroxyl groups is 1. The summed E-state index contributed by atoms with van der Waals surface area (Å²) in [6, 6.07) is 14.7. The Bertz CT molecular complexity index is 1170. The number of carbonyl (C=O) groups excluding carboxylic acids is 1. The third-order valence-electron chi connectivity index (χ3n) is 4.85. The Hall–Kier alpha value is -3.99. The van der Waals surface area contributed by atoms with Crippen LogP contribution >= 0.6 is 0 Å². The summed E-state index contributed by atoms with van der Waals surface area (Å²) < 4.78 is 17.3. The van der Waals surface area contributed by atoms with Crippen molar-refractivity contribution in [3.63, 3.8) is 0 Å². The molecule has 0 radical (unpaired) electrons. The molecule has 0 aliphatic heterocycles. The third kappa shape index (κ3) is 4.78. The topological polar surface area (TPSA) is 107 Å². The Morgan fingerprint density at radius 2 is 1.90 bits per heavy atom. The minimum atomic E-state index is -0.497. The molecule has 0 atom stereocenters. The van der Waals surface area contributed by atoms with Gasteiger partial charge in [0.25, 0.3) is 0 Å². The van der Waals surface area contributed by atoms with Crippen LogP contribution in [0.2, 0.25) is 0 Å². The largest absolute Gasteiger partial charge is 0.507 e. The fraction of sp³-hybridized carbons (Fsp3) is 0.261. The molecule has 1 N–H and O–H groups in total. The SMILES string of the molecule is COc1ccc(CCC(=O)OC/C(O)=C(\C#N)c2nc3ccccc3n2C)cc1OC. The Kier molecular flexibility index (Phi) is 6.78. The van der Waals surface area contributed by atoms with Gasteiger partial charge in [-0.05, 0) is 36.2 Å². The minimum absolute atomic E-state index is 0.0357. The maximum Gasteiger partial charge on any atom is 0.306 e. The number of nitrogens with zero attached hydrogens (tertiary/aromatic N) is 3. The van der Waals surface area contributed by atoms with Crippen molar-refractivity contribution in [3.05, 3.63) is 59.6 Å². The van der Waals surface area contributed by atoms with Crippen LogP contribution in [0.25, 0.3) is 16.6 Å². The maximum atomic E-state index is 12.1. The van der Waals surface area contributed by atoms with Crippen molar-refractivity contribution in [1.82, 2.24) is 9.55 Å². The fourth-order valence-corrected chi connectivity index (χ4v) is 3.19. The molecule has 3 aromatic rings. The summed E-state index contributed by atoms with van der Waals surface area (Å²) in [5.41, 5.74) is 2.37. The van der Waals surface area contributed by atoms with Crippen LogP contribution in [0.3, 0.4) is 0 Å². The molecule has 1 aromatic heterocycles. The molecular formula is C23H23N3O5. The van der Waals surface area contributed by atoms with Crippen LogP contribution in [0.4, 0.5) is 0 Å². The monoisotopic (exact) mass is 421 g/mol. The molecule has 8 heteroatoms. The summed E-state index contributed by atoms with van der Waals surface area (Å²) in [5, 5.41) is 19.9. The van der Waals surface area contributed by atoms with Gasteiger partial charge in [0.05, 0.1) is 25.3 Å². The van der Waals surface area contributed by atoms with Crippen LogP contribution in [-0.4, -0.2) is 41.5 Å². The molecule has 0 amide bonds. The summed E-state index contributed by atoms with van der Waals surface area (Å²) in [5.74, 6) is 0.650. The van der Waals surface area contributed by atoms with Crippen molar-refractivity contribution in [2.45, 2.75) is 12.8 Å². The number of allylic oxidation sites excluding steroid dienone is 1. The fourth-order valence-electron chi connectivity index (χ4n) is 3.19. The van der Waals surface area contributed by atoms with Crippen LogP contribution in [0, 0.1) is 11.3 Å². The number of carbonyl (C=O) groups is 1. The number of benzene rings is 2. The van der Waals surface area contributed by atoms with Gasteiger partial charge in [0, 0.05) is 13.5 Å². The Labute approximate surface area is 179 Å². The number of methoxy groups -OCH3 is 2. The zero-order valence-corrected chi connectivity index (χ0v) is 17.6. The highest BCUT2D eigenvalue weighted by Crippen LogP contribution is 2.28. The number of aryl methyl sites for hydroxylation is 2. The van der Waals surface area contributed by atoms with Gasteiger partial charge in [0.1, 0.15) is 18.2 Å². The van der Waals surface area contributed by atoms with Gasteiger partial charge in [-0.1, -0.05) is 18.2 Å². The minimum Gasteiger partial charge on any atom is -0.507 e. The first kappa shape index (κ1) is 21.7. The van der Waals surface area contributed by atoms with Gasteiger partial charge < -0.3 is 23.9 Å². The molecule has 2 aromatic carbocycles. The number of ether oxygens (including phenoxy) is 3. The van der Waals surface area contributed by atoms with Crippen molar-refractivity contribution < 1.29 is 24.1 Å². The van der Waals surface area contributed by atoms with E-state index in [0.29, 0.717) is 29.3 Å². The molecule has 0 aliphatic carbocycles. The molecule has 160 valence electrons. The summed E-state index contributed by atoms with van der Waals surface area (Å²) in [7, 11) is 4.85. The van der Waals surface area contributed by atoms with E-state index < -0.39 is 12.6 Å². The molecule has 0 saturated carbocycles. The molecular weight excluding hydrogens is 398 g/mol. The predicted molar refractivity (Wildman–Crippen MR) is 115 cm³/mol. The first-order chi connectivity index (χ1) is 15.0. The highest BCUT2D eigenvalue weighted by atomic mass is 16.5. The molecule has 31 heavy (non-hydrogen) atoms. The highest BCUT2D eigenvalue weighted by molar-refractivity contribution is 5.84. The maximum absolute atomic E-state index is 12.1. The van der Waals surface area contributed by atoms with Crippen molar-refractivity contribution in [3.8, 4) is 17.6 Å². The van der Waals surface area contributed by atoms with Gasteiger partial charge in [0.2, 0.25) is 0 Å². The second kappa shape index (κ2) is 9.67. The Balaban J connectivity index is 1.65. The number of nitriles is 1. The van der Waals surface area contributed by atoms with E-state index in [1.165, 1.54) is 0 Å². The van der Waals surface area contributed by atoms with Crippen molar-refractivity contribution in [2.75, 3.05) is 20.8 Å². The summed E-state index contributed by atoms with van der Waals surface area (Å²) >= 11 is 0. The van der Waals surface area contributed by atoms with Crippen molar-refractivity contribution in [2.24, 2.45) is 7.05 Å². The predicted octanol–water partition coefficient (Wildman–Crippen LogP) is 3.56. The second-order valence-electron chi connectivity index (χ2n) is 6.77. The lowest BCUT2D eigenvalue weighted by Crippen LogP contribution is -2.10. The van der Waals surface area contributed by atoms with Crippen LogP contribution in [-0.2, 0) is 23.0 Å². The molecule has 0 bridgehead atoms. The molecule has 0 unspecified atom stereocenters. The standard InChI is InChI=1S/C23H23N3O5/c1-26-18-7-5-4-6-17(18)25-23(26)16(13-24)19(27)14-31-22(28)11-9-15-8-10-20(29-2)21(12-15)30-3/h4-8,10,12,27H,9,11,14H2,1-3H3/b19-16-. The van der Waals surface area contributed by atoms with Gasteiger partial charge in [0.15, 0.2) is 23.1 Å². The summed E-state index contributed by atoms with van der Waals surface area (Å²) in [6.45, 7) is -0.406. The number of fused-ring (bicyclic) bond motifs is 1. The number of esters is 1. The average molecular weight is 421 g/mol. The van der Waals surface area contributed by atoms with E-state index in [1.54, 1.807) is 38.0 Å². The first-order valence-electron chi connectivity index (χ1n) is 9.59. The van der Waals surface area contributed by atoms with E-state index in [1.807, 2.05) is 36.4 Å². The van der Waals surface area contributed by atoms with Crippen LogP contribution in [0.5, 0.6) is 11.5 Å². The van der Waals surface area contributed by atoms with Crippen molar-refractivity contribution in [1.29, 1.82) is 5.26 Å². The van der Waals surface area contributed by atoms with E-state index in [4.69, 9.17) is 14.2 Å². The van der Waals surface area contributed by atoms with Gasteiger partial charge in [-0.25, -0.2) is 4.98 Å². The van der Waals surface area contributed by atoms with E-state index >= 15 is 0 Å². The van der Waals surface area contributed by atoms with E-state index in [-0.39, 0.29) is 17.8 Å². The van der Waals surface area contributed by atoms with Crippen LogP contribution < -0.4 is 9.47 Å². The normalized spacial score (nSPS) is 11.5. The molecule has 0 spiro atoms. The van der Waals surface area contributed by atoms with Crippen molar-refractivity contribution >= 4 is 22.6 Å². The number of aliphatic hydroxyl groups excluding tert-OH is 1. The lowest BCUT2D eigenvalue weighted by atomic mass is 10.1. The molecule has 1 heterocycles. The first-order valence-corrected chi connectivity index (χ1v) is 9.59. The van der Waals surface area contributed by atoms with Crippen LogP contribution in [0.1, 0.15) is 17.8 Å². The molecule has 8 nitrogen and oxygen atoms in total. The summed E-state index contributed by atoms with van der Waals surface area (Å²) in [4.78, 5) is 16.5. The van der Waals surface area contributed by atoms with Gasteiger partial charge in [-0.3, -0.25) is 4.79 Å². The molecule has 0 aliphatic rings. The number of rotatable bonds is 8. The van der Waals surface area contributed by atoms with E-state index in [0.717, 1.165) is 11.1 Å². The van der Waals surface area contributed by atoms with Gasteiger partial charge in [-0.2, -0.15) is 5.26 Å². The zero-order chi connectivity index (χ0) is 22.4. The molecule has 0 fully saturated rings. The zero-order valence-electron chi connectivity index (χ0n) is 17.6. The molecule has 3 rings (SSSR count). The highest BCUT2D eigenvalue weighted by Gasteiger charge is 2.17. The van der Waals surface area contributed by atoms with E-state index in [9.17, 15) is 15.2 Å². The number of hydrogen-bond donors (Lipinski definition) is 1. The lowest BCUT2D eigenvalue weighted by Gasteiger charge is -2.10. The third-order valence-corrected chi connectivity index (χ3v) is 4.85. The number of hydrogen-bond acceptors (Lipinski definition) is 7. The number of imidazole rings is 1. The quantitative estimate of drug-likeness (QED) is 0.337. The Morgan fingerprint density at radius 3 is 2.58 bits per heavy atom. The second-order valence-corrected chi connectivity index (χ2v) is 6.77. The molecule has 0 saturated heterocycles.